The van der Waals surface area contributed by atoms with E-state index >= 15 is 0 Å². The van der Waals surface area contributed by atoms with E-state index in [9.17, 15) is 0 Å². The molecule has 1 aliphatic rings. The van der Waals surface area contributed by atoms with Crippen LogP contribution in [0.5, 0.6) is 0 Å². The smallest absolute Gasteiger partial charge is 0.0733 e. The molecule has 0 radical (unpaired) electrons. The first-order chi connectivity index (χ1) is 8.38. The van der Waals surface area contributed by atoms with Crippen molar-refractivity contribution in [2.75, 3.05) is 26.4 Å². The minimum atomic E-state index is 0.134. The summed E-state index contributed by atoms with van der Waals surface area (Å²) in [6, 6.07) is 0.320. The van der Waals surface area contributed by atoms with Crippen molar-refractivity contribution in [2.45, 2.75) is 51.0 Å². The molecule has 5 heteroatoms. The Labute approximate surface area is 103 Å². The third kappa shape index (κ3) is 6.33. The predicted molar refractivity (Wildman–Crippen MR) is 64.0 cm³/mol. The van der Waals surface area contributed by atoms with Crippen LogP contribution in [-0.4, -0.2) is 47.9 Å². The van der Waals surface area contributed by atoms with Gasteiger partial charge in [-0.3, -0.25) is 9.68 Å². The molecule has 0 heterocycles. The Morgan fingerprint density at radius 3 is 1.88 bits per heavy atom. The summed E-state index contributed by atoms with van der Waals surface area (Å²) in [5.74, 6) is 0. The van der Waals surface area contributed by atoms with Crippen LogP contribution in [0.15, 0.2) is 0 Å². The molecule has 0 unspecified atom stereocenters. The summed E-state index contributed by atoms with van der Waals surface area (Å²) in [5, 5.41) is 19.1. The molecule has 1 saturated carbocycles. The molecule has 0 aromatic rings. The lowest BCUT2D eigenvalue weighted by Crippen LogP contribution is -2.37. The van der Waals surface area contributed by atoms with Crippen molar-refractivity contribution in [3.05, 3.63) is 0 Å². The SMILES string of the molecule is OCCCON(OCCCO)C1CCCCC1. The molecule has 5 nitrogen and oxygen atoms in total. The fraction of sp³-hybridized carbons (Fsp3) is 1.00. The molecular weight excluding hydrogens is 222 g/mol. The van der Waals surface area contributed by atoms with E-state index in [1.807, 2.05) is 0 Å². The number of aliphatic hydroxyl groups excluding tert-OH is 2. The van der Waals surface area contributed by atoms with Gasteiger partial charge in [-0.25, -0.2) is 0 Å². The number of aliphatic hydroxyl groups is 2. The Morgan fingerprint density at radius 1 is 0.882 bits per heavy atom. The van der Waals surface area contributed by atoms with Gasteiger partial charge in [-0.15, -0.1) is 0 Å². The fourth-order valence-electron chi connectivity index (χ4n) is 1.98. The average Bonchev–Trinajstić information content (AvgIpc) is 2.38. The van der Waals surface area contributed by atoms with Crippen molar-refractivity contribution in [3.8, 4) is 0 Å². The minimum Gasteiger partial charge on any atom is -0.396 e. The van der Waals surface area contributed by atoms with Gasteiger partial charge in [-0.2, -0.15) is 0 Å². The van der Waals surface area contributed by atoms with E-state index < -0.39 is 0 Å². The number of hydrogen-bond donors (Lipinski definition) is 2. The minimum absolute atomic E-state index is 0.134. The molecule has 0 aromatic carbocycles. The van der Waals surface area contributed by atoms with Crippen LogP contribution in [0.25, 0.3) is 0 Å². The topological polar surface area (TPSA) is 62.2 Å². The molecule has 2 N–H and O–H groups in total. The summed E-state index contributed by atoms with van der Waals surface area (Å²) < 4.78 is 0. The van der Waals surface area contributed by atoms with Crippen molar-refractivity contribution < 1.29 is 19.9 Å². The summed E-state index contributed by atoms with van der Waals surface area (Å²) in [5.41, 5.74) is 0. The average molecular weight is 247 g/mol. The van der Waals surface area contributed by atoms with Crippen molar-refractivity contribution in [3.63, 3.8) is 0 Å². The Bertz CT molecular complexity index is 164. The van der Waals surface area contributed by atoms with Crippen LogP contribution in [-0.2, 0) is 9.68 Å². The molecule has 1 fully saturated rings. The van der Waals surface area contributed by atoms with Gasteiger partial charge < -0.3 is 10.2 Å². The zero-order valence-electron chi connectivity index (χ0n) is 10.5. The maximum atomic E-state index is 8.73. The van der Waals surface area contributed by atoms with Crippen molar-refractivity contribution >= 4 is 0 Å². The van der Waals surface area contributed by atoms with Crippen LogP contribution in [0, 0.1) is 0 Å². The third-order valence-corrected chi connectivity index (χ3v) is 2.91. The molecule has 0 atom stereocenters. The standard InChI is InChI=1S/C12H25NO4/c14-8-4-10-16-13(17-11-5-9-15)12-6-2-1-3-7-12/h12,14-15H,1-11H2. The highest BCUT2D eigenvalue weighted by Crippen LogP contribution is 2.23. The second kappa shape index (κ2) is 9.79. The van der Waals surface area contributed by atoms with Gasteiger partial charge in [0.2, 0.25) is 0 Å². The van der Waals surface area contributed by atoms with Gasteiger partial charge >= 0.3 is 0 Å². The molecule has 0 aliphatic heterocycles. The van der Waals surface area contributed by atoms with Gasteiger partial charge in [0, 0.05) is 13.2 Å². The largest absolute Gasteiger partial charge is 0.396 e. The first kappa shape index (κ1) is 14.9. The molecular formula is C12H25NO4. The lowest BCUT2D eigenvalue weighted by molar-refractivity contribution is -0.391. The number of rotatable bonds is 9. The molecule has 0 aromatic heterocycles. The van der Waals surface area contributed by atoms with E-state index in [0.717, 1.165) is 12.8 Å². The molecule has 1 rings (SSSR count). The fourth-order valence-corrected chi connectivity index (χ4v) is 1.98. The van der Waals surface area contributed by atoms with E-state index in [4.69, 9.17) is 19.9 Å². The molecule has 0 bridgehead atoms. The van der Waals surface area contributed by atoms with Gasteiger partial charge in [-0.1, -0.05) is 24.5 Å². The zero-order valence-corrected chi connectivity index (χ0v) is 10.5. The second-order valence-corrected chi connectivity index (χ2v) is 4.40. The quantitative estimate of drug-likeness (QED) is 0.474. The van der Waals surface area contributed by atoms with Crippen LogP contribution >= 0.6 is 0 Å². The van der Waals surface area contributed by atoms with Gasteiger partial charge in [0.25, 0.3) is 0 Å². The summed E-state index contributed by atoms with van der Waals surface area (Å²) in [6.07, 6.45) is 7.15. The van der Waals surface area contributed by atoms with Crippen molar-refractivity contribution in [1.82, 2.24) is 5.23 Å². The maximum Gasteiger partial charge on any atom is 0.0733 e. The van der Waals surface area contributed by atoms with Crippen LogP contribution < -0.4 is 0 Å². The van der Waals surface area contributed by atoms with E-state index in [0.29, 0.717) is 32.1 Å². The monoisotopic (exact) mass is 247 g/mol. The Balaban J connectivity index is 2.27. The first-order valence-corrected chi connectivity index (χ1v) is 6.65. The number of hydroxylamine groups is 2. The molecule has 1 aliphatic carbocycles. The molecule has 0 spiro atoms. The van der Waals surface area contributed by atoms with Crippen LogP contribution in [0.1, 0.15) is 44.9 Å². The Morgan fingerprint density at radius 2 is 1.41 bits per heavy atom. The normalized spacial score (nSPS) is 17.8. The van der Waals surface area contributed by atoms with Crippen LogP contribution in [0.3, 0.4) is 0 Å². The number of nitrogens with zero attached hydrogens (tertiary/aromatic N) is 1. The highest BCUT2D eigenvalue weighted by Gasteiger charge is 2.22. The summed E-state index contributed by atoms with van der Waals surface area (Å²) >= 11 is 0. The highest BCUT2D eigenvalue weighted by molar-refractivity contribution is 4.68. The highest BCUT2D eigenvalue weighted by atomic mass is 16.9. The lowest BCUT2D eigenvalue weighted by atomic mass is 9.96. The van der Waals surface area contributed by atoms with Crippen LogP contribution in [0.4, 0.5) is 0 Å². The first-order valence-electron chi connectivity index (χ1n) is 6.65. The van der Waals surface area contributed by atoms with Crippen LogP contribution in [0.2, 0.25) is 0 Å². The zero-order chi connectivity index (χ0) is 12.3. The summed E-state index contributed by atoms with van der Waals surface area (Å²) in [7, 11) is 0. The maximum absolute atomic E-state index is 8.73. The molecule has 102 valence electrons. The van der Waals surface area contributed by atoms with E-state index in [2.05, 4.69) is 0 Å². The van der Waals surface area contributed by atoms with Gasteiger partial charge in [-0.05, 0) is 25.7 Å². The Hall–Kier alpha value is -0.200. The van der Waals surface area contributed by atoms with E-state index in [1.54, 1.807) is 5.23 Å². The van der Waals surface area contributed by atoms with Gasteiger partial charge in [0.05, 0.1) is 19.3 Å². The van der Waals surface area contributed by atoms with Crippen molar-refractivity contribution in [2.24, 2.45) is 0 Å². The Kier molecular flexibility index (Phi) is 8.56. The van der Waals surface area contributed by atoms with Gasteiger partial charge in [0.1, 0.15) is 0 Å². The summed E-state index contributed by atoms with van der Waals surface area (Å²) in [4.78, 5) is 11.1. The lowest BCUT2D eigenvalue weighted by Gasteiger charge is -2.31. The predicted octanol–water partition coefficient (Wildman–Crippen LogP) is 1.25. The van der Waals surface area contributed by atoms with Gasteiger partial charge in [0.15, 0.2) is 0 Å². The third-order valence-electron chi connectivity index (χ3n) is 2.91. The molecule has 17 heavy (non-hydrogen) atoms. The number of hydrogen-bond acceptors (Lipinski definition) is 5. The summed E-state index contributed by atoms with van der Waals surface area (Å²) in [6.45, 7) is 1.22. The van der Waals surface area contributed by atoms with E-state index in [1.165, 1.54) is 19.3 Å². The molecule has 0 saturated heterocycles. The van der Waals surface area contributed by atoms with Crippen molar-refractivity contribution in [1.29, 1.82) is 0 Å². The second-order valence-electron chi connectivity index (χ2n) is 4.40. The van der Waals surface area contributed by atoms with E-state index in [-0.39, 0.29) is 13.2 Å². The molecule has 0 amide bonds.